The quantitative estimate of drug-likeness (QED) is 0.636. The fourth-order valence-corrected chi connectivity index (χ4v) is 2.10. The number of carbonyl (C=O) groups is 1. The molecular weight excluding hydrogens is 190 g/mol. The van der Waals surface area contributed by atoms with Crippen molar-refractivity contribution in [2.75, 3.05) is 6.61 Å². The number of hydrogen-bond acceptors (Lipinski definition) is 3. The number of rotatable bonds is 0. The van der Waals surface area contributed by atoms with Crippen molar-refractivity contribution in [3.05, 3.63) is 46.8 Å². The van der Waals surface area contributed by atoms with E-state index in [0.29, 0.717) is 18.8 Å². The molecule has 76 valence electrons. The average molecular weight is 201 g/mol. The number of carbonyl (C=O) groups excluding carboxylic acids is 1. The third-order valence-corrected chi connectivity index (χ3v) is 2.95. The molecule has 0 saturated carbocycles. The van der Waals surface area contributed by atoms with Gasteiger partial charge in [0.25, 0.3) is 0 Å². The van der Waals surface area contributed by atoms with Gasteiger partial charge in [0.1, 0.15) is 18.4 Å². The van der Waals surface area contributed by atoms with Gasteiger partial charge in [0.2, 0.25) is 0 Å². The van der Waals surface area contributed by atoms with Crippen LogP contribution in [0.3, 0.4) is 0 Å². The number of allylic oxidation sites excluding steroid dienone is 6. The van der Waals surface area contributed by atoms with Crippen LogP contribution in [-0.4, -0.2) is 18.4 Å². The summed E-state index contributed by atoms with van der Waals surface area (Å²) < 4.78 is 5.47. The second-order valence-corrected chi connectivity index (χ2v) is 3.95. The van der Waals surface area contributed by atoms with Gasteiger partial charge in [0, 0.05) is 12.0 Å². The fourth-order valence-electron chi connectivity index (χ4n) is 2.10. The maximum Gasteiger partial charge on any atom is 0.183 e. The molecule has 2 N–H and O–H groups in total. The van der Waals surface area contributed by atoms with Gasteiger partial charge in [0.15, 0.2) is 5.78 Å². The molecule has 15 heavy (non-hydrogen) atoms. The van der Waals surface area contributed by atoms with E-state index >= 15 is 0 Å². The first kappa shape index (κ1) is 8.68. The molecule has 1 aliphatic heterocycles. The summed E-state index contributed by atoms with van der Waals surface area (Å²) in [6, 6.07) is -0.492. The minimum atomic E-state index is -0.492. The van der Waals surface area contributed by atoms with Gasteiger partial charge in [-0.15, -0.1) is 0 Å². The maximum absolute atomic E-state index is 11.8. The van der Waals surface area contributed by atoms with Crippen molar-refractivity contribution in [1.82, 2.24) is 0 Å². The number of fused-ring (bicyclic) bond motifs is 1. The van der Waals surface area contributed by atoms with Crippen LogP contribution in [0.2, 0.25) is 0 Å². The molecule has 0 aromatic carbocycles. The standard InChI is InChI=1S/C12H11NO2/c13-10-6-15-11-5-8-3-1-2-7(8)4-9(11)12(10)14/h1-3,5,10H,4,6,13H2. The first-order chi connectivity index (χ1) is 7.25. The summed E-state index contributed by atoms with van der Waals surface area (Å²) in [7, 11) is 0. The predicted octanol–water partition coefficient (Wildman–Crippen LogP) is 0.993. The normalized spacial score (nSPS) is 28.1. The van der Waals surface area contributed by atoms with Crippen LogP contribution < -0.4 is 5.73 Å². The molecule has 0 saturated heterocycles. The van der Waals surface area contributed by atoms with E-state index in [4.69, 9.17) is 10.5 Å². The van der Waals surface area contributed by atoms with E-state index < -0.39 is 6.04 Å². The zero-order valence-corrected chi connectivity index (χ0v) is 8.19. The van der Waals surface area contributed by atoms with Crippen LogP contribution in [0.4, 0.5) is 0 Å². The number of Topliss-reactive ketones (excluding diaryl/α,β-unsaturated/α-hetero) is 1. The SMILES string of the molecule is NC1COC2=C(CC3=CC=CC3=C2)C1=O. The Morgan fingerprint density at radius 2 is 2.33 bits per heavy atom. The molecule has 1 heterocycles. The summed E-state index contributed by atoms with van der Waals surface area (Å²) in [5.74, 6) is 0.736. The molecule has 0 radical (unpaired) electrons. The molecular formula is C12H11NO2. The summed E-state index contributed by atoms with van der Waals surface area (Å²) in [4.78, 5) is 11.8. The molecule has 1 atom stereocenters. The Kier molecular flexibility index (Phi) is 1.70. The molecule has 3 rings (SSSR count). The van der Waals surface area contributed by atoms with Crippen LogP contribution in [0.15, 0.2) is 46.8 Å². The topological polar surface area (TPSA) is 52.3 Å². The zero-order chi connectivity index (χ0) is 10.4. The summed E-state index contributed by atoms with van der Waals surface area (Å²) in [5, 5.41) is 0. The second kappa shape index (κ2) is 2.94. The minimum Gasteiger partial charge on any atom is -0.491 e. The summed E-state index contributed by atoms with van der Waals surface area (Å²) in [5.41, 5.74) is 8.72. The zero-order valence-electron chi connectivity index (χ0n) is 8.19. The smallest absolute Gasteiger partial charge is 0.183 e. The molecule has 2 aliphatic carbocycles. The molecule has 0 aromatic rings. The van der Waals surface area contributed by atoms with E-state index in [0.717, 1.165) is 11.1 Å². The van der Waals surface area contributed by atoms with Crippen molar-refractivity contribution in [3.8, 4) is 0 Å². The highest BCUT2D eigenvalue weighted by Crippen LogP contribution is 2.35. The van der Waals surface area contributed by atoms with Crippen LogP contribution >= 0.6 is 0 Å². The molecule has 3 aliphatic rings. The number of ether oxygens (including phenoxy) is 1. The summed E-state index contributed by atoms with van der Waals surface area (Å²) in [6.45, 7) is 0.296. The lowest BCUT2D eigenvalue weighted by Gasteiger charge is -2.26. The highest BCUT2D eigenvalue weighted by molar-refractivity contribution is 6.02. The van der Waals surface area contributed by atoms with Gasteiger partial charge in [-0.2, -0.15) is 0 Å². The van der Waals surface area contributed by atoms with Crippen molar-refractivity contribution in [2.45, 2.75) is 12.5 Å². The van der Waals surface area contributed by atoms with E-state index in [1.807, 2.05) is 24.3 Å². The number of hydrogen-bond donors (Lipinski definition) is 1. The van der Waals surface area contributed by atoms with Crippen molar-refractivity contribution >= 4 is 5.78 Å². The summed E-state index contributed by atoms with van der Waals surface area (Å²) >= 11 is 0. The Bertz CT molecular complexity index is 466. The van der Waals surface area contributed by atoms with Crippen LogP contribution in [0, 0.1) is 0 Å². The second-order valence-electron chi connectivity index (χ2n) is 3.95. The molecule has 3 nitrogen and oxygen atoms in total. The molecule has 0 aromatic heterocycles. The van der Waals surface area contributed by atoms with Gasteiger partial charge in [-0.25, -0.2) is 0 Å². The van der Waals surface area contributed by atoms with Crippen molar-refractivity contribution in [3.63, 3.8) is 0 Å². The lowest BCUT2D eigenvalue weighted by molar-refractivity contribution is -0.119. The predicted molar refractivity (Wildman–Crippen MR) is 55.9 cm³/mol. The molecule has 0 spiro atoms. The molecule has 3 heteroatoms. The molecule has 1 unspecified atom stereocenters. The van der Waals surface area contributed by atoms with Gasteiger partial charge >= 0.3 is 0 Å². The van der Waals surface area contributed by atoms with Crippen molar-refractivity contribution < 1.29 is 9.53 Å². The van der Waals surface area contributed by atoms with Crippen molar-refractivity contribution in [1.29, 1.82) is 0 Å². The number of ketones is 1. The lowest BCUT2D eigenvalue weighted by Crippen LogP contribution is -2.40. The van der Waals surface area contributed by atoms with Gasteiger partial charge in [-0.3, -0.25) is 4.79 Å². The van der Waals surface area contributed by atoms with Crippen LogP contribution in [0.25, 0.3) is 0 Å². The highest BCUT2D eigenvalue weighted by Gasteiger charge is 2.31. The Hall–Kier alpha value is -1.61. The van der Waals surface area contributed by atoms with Crippen LogP contribution in [-0.2, 0) is 9.53 Å². The van der Waals surface area contributed by atoms with Gasteiger partial charge in [-0.1, -0.05) is 18.2 Å². The van der Waals surface area contributed by atoms with Crippen LogP contribution in [0.1, 0.15) is 6.42 Å². The molecule has 0 bridgehead atoms. The van der Waals surface area contributed by atoms with Crippen LogP contribution in [0.5, 0.6) is 0 Å². The first-order valence-electron chi connectivity index (χ1n) is 5.01. The summed E-state index contributed by atoms with van der Waals surface area (Å²) in [6.07, 6.45) is 8.63. The van der Waals surface area contributed by atoms with E-state index in [2.05, 4.69) is 0 Å². The van der Waals surface area contributed by atoms with Crippen molar-refractivity contribution in [2.24, 2.45) is 5.73 Å². The number of nitrogens with two attached hydrogens (primary N) is 1. The Morgan fingerprint density at radius 3 is 3.20 bits per heavy atom. The highest BCUT2D eigenvalue weighted by atomic mass is 16.5. The van der Waals surface area contributed by atoms with Gasteiger partial charge in [-0.05, 0) is 17.2 Å². The fraction of sp³-hybridized carbons (Fsp3) is 0.250. The molecule has 0 amide bonds. The van der Waals surface area contributed by atoms with E-state index in [9.17, 15) is 4.79 Å². The largest absolute Gasteiger partial charge is 0.491 e. The third-order valence-electron chi connectivity index (χ3n) is 2.95. The Labute approximate surface area is 87.6 Å². The third kappa shape index (κ3) is 1.20. The lowest BCUT2D eigenvalue weighted by atomic mass is 9.88. The average Bonchev–Trinajstić information content (AvgIpc) is 2.68. The monoisotopic (exact) mass is 201 g/mol. The van der Waals surface area contributed by atoms with E-state index in [1.165, 1.54) is 5.57 Å². The Balaban J connectivity index is 2.06. The van der Waals surface area contributed by atoms with E-state index in [-0.39, 0.29) is 5.78 Å². The van der Waals surface area contributed by atoms with Gasteiger partial charge in [0.05, 0.1) is 0 Å². The van der Waals surface area contributed by atoms with Gasteiger partial charge < -0.3 is 10.5 Å². The minimum absolute atomic E-state index is 0.0272. The van der Waals surface area contributed by atoms with E-state index in [1.54, 1.807) is 0 Å². The first-order valence-corrected chi connectivity index (χ1v) is 5.01. The Morgan fingerprint density at radius 1 is 1.47 bits per heavy atom. The molecule has 0 fully saturated rings. The maximum atomic E-state index is 11.8.